The van der Waals surface area contributed by atoms with Gasteiger partial charge in [-0.25, -0.2) is 0 Å². The van der Waals surface area contributed by atoms with E-state index in [0.717, 1.165) is 25.2 Å². The van der Waals surface area contributed by atoms with Gasteiger partial charge < -0.3 is 15.1 Å². The highest BCUT2D eigenvalue weighted by molar-refractivity contribution is 5.32. The van der Waals surface area contributed by atoms with Gasteiger partial charge in [-0.3, -0.25) is 0 Å². The Bertz CT molecular complexity index is 850. The number of piperidine rings is 1. The van der Waals surface area contributed by atoms with E-state index in [1.165, 1.54) is 11.1 Å². The van der Waals surface area contributed by atoms with Crippen LogP contribution in [-0.2, 0) is 0 Å². The molecule has 3 nitrogen and oxygen atoms in total. The van der Waals surface area contributed by atoms with Gasteiger partial charge in [-0.05, 0) is 29.5 Å². The van der Waals surface area contributed by atoms with Crippen molar-refractivity contribution in [3.05, 3.63) is 108 Å². The molecule has 3 heteroatoms. The second kappa shape index (κ2) is 9.57. The third-order valence-corrected chi connectivity index (χ3v) is 6.39. The lowest BCUT2D eigenvalue weighted by Crippen LogP contribution is -2.46. The highest BCUT2D eigenvalue weighted by Gasteiger charge is 2.35. The molecular formula is C27H31NO2. The molecule has 3 aromatic rings. The Morgan fingerprint density at radius 1 is 0.700 bits per heavy atom. The van der Waals surface area contributed by atoms with Crippen LogP contribution in [0.2, 0.25) is 0 Å². The van der Waals surface area contributed by atoms with Gasteiger partial charge in [0.15, 0.2) is 0 Å². The summed E-state index contributed by atoms with van der Waals surface area (Å²) in [5.74, 6) is 0.313. The van der Waals surface area contributed by atoms with E-state index < -0.39 is 11.7 Å². The Labute approximate surface area is 179 Å². The predicted octanol–water partition coefficient (Wildman–Crippen LogP) is 4.77. The maximum absolute atomic E-state index is 11.1. The molecule has 0 saturated carbocycles. The quantitative estimate of drug-likeness (QED) is 0.599. The number of rotatable bonds is 7. The molecule has 1 aliphatic heterocycles. The minimum absolute atomic E-state index is 0.313. The number of benzene rings is 3. The molecule has 1 heterocycles. The molecule has 2 N–H and O–H groups in total. The van der Waals surface area contributed by atoms with Crippen LogP contribution in [0.4, 0.5) is 0 Å². The van der Waals surface area contributed by atoms with Crippen molar-refractivity contribution in [3.8, 4) is 0 Å². The van der Waals surface area contributed by atoms with Gasteiger partial charge in [-0.1, -0.05) is 91.0 Å². The summed E-state index contributed by atoms with van der Waals surface area (Å²) < 4.78 is 0. The standard InChI is InChI=1S/C27H31NO2/c29-26(24-14-8-3-9-15-24)20-27(30)16-18-28(19-17-27)21-25(22-10-4-1-5-11-22)23-12-6-2-7-13-23/h1-15,25-26,29-30H,16-21H2. The van der Waals surface area contributed by atoms with Crippen LogP contribution in [-0.4, -0.2) is 40.3 Å². The Morgan fingerprint density at radius 2 is 1.13 bits per heavy atom. The predicted molar refractivity (Wildman–Crippen MR) is 121 cm³/mol. The highest BCUT2D eigenvalue weighted by Crippen LogP contribution is 2.34. The van der Waals surface area contributed by atoms with Crippen LogP contribution in [0.5, 0.6) is 0 Å². The molecule has 1 atom stereocenters. The van der Waals surface area contributed by atoms with Crippen LogP contribution >= 0.6 is 0 Å². The molecule has 0 aliphatic carbocycles. The molecule has 0 radical (unpaired) electrons. The zero-order valence-electron chi connectivity index (χ0n) is 17.4. The van der Waals surface area contributed by atoms with E-state index in [0.29, 0.717) is 25.2 Å². The third kappa shape index (κ3) is 5.17. The molecule has 3 aromatic carbocycles. The highest BCUT2D eigenvalue weighted by atomic mass is 16.3. The minimum atomic E-state index is -0.805. The van der Waals surface area contributed by atoms with Crippen molar-refractivity contribution in [1.82, 2.24) is 4.90 Å². The monoisotopic (exact) mass is 401 g/mol. The van der Waals surface area contributed by atoms with Crippen LogP contribution in [0, 0.1) is 0 Å². The van der Waals surface area contributed by atoms with Gasteiger partial charge in [0.1, 0.15) is 0 Å². The first kappa shape index (κ1) is 20.8. The second-order valence-electron chi connectivity index (χ2n) is 8.53. The molecule has 0 amide bonds. The number of nitrogens with zero attached hydrogens (tertiary/aromatic N) is 1. The number of hydrogen-bond donors (Lipinski definition) is 2. The summed E-state index contributed by atoms with van der Waals surface area (Å²) in [7, 11) is 0. The minimum Gasteiger partial charge on any atom is -0.390 e. The lowest BCUT2D eigenvalue weighted by atomic mass is 9.83. The van der Waals surface area contributed by atoms with E-state index in [2.05, 4.69) is 65.6 Å². The van der Waals surface area contributed by atoms with E-state index >= 15 is 0 Å². The van der Waals surface area contributed by atoms with Crippen molar-refractivity contribution in [2.45, 2.75) is 36.9 Å². The first-order chi connectivity index (χ1) is 14.6. The summed E-state index contributed by atoms with van der Waals surface area (Å²) in [4.78, 5) is 2.45. The van der Waals surface area contributed by atoms with E-state index in [-0.39, 0.29) is 0 Å². The first-order valence-electron chi connectivity index (χ1n) is 10.9. The fourth-order valence-electron chi connectivity index (χ4n) is 4.54. The second-order valence-corrected chi connectivity index (χ2v) is 8.53. The van der Waals surface area contributed by atoms with Crippen LogP contribution in [0.1, 0.15) is 48.0 Å². The average Bonchev–Trinajstić information content (AvgIpc) is 2.80. The molecule has 1 aliphatic rings. The summed E-state index contributed by atoms with van der Waals surface area (Å²) in [6, 6.07) is 31.0. The van der Waals surface area contributed by atoms with E-state index in [1.54, 1.807) is 0 Å². The number of hydrogen-bond acceptors (Lipinski definition) is 3. The lowest BCUT2D eigenvalue weighted by Gasteiger charge is -2.40. The van der Waals surface area contributed by atoms with Gasteiger partial charge in [-0.2, -0.15) is 0 Å². The van der Waals surface area contributed by atoms with Crippen molar-refractivity contribution in [3.63, 3.8) is 0 Å². The summed E-state index contributed by atoms with van der Waals surface area (Å²) in [6.07, 6.45) is 1.15. The lowest BCUT2D eigenvalue weighted by molar-refractivity contribution is -0.0557. The molecule has 1 saturated heterocycles. The SMILES string of the molecule is OC(CC1(O)CCN(CC(c2ccccc2)c2ccccc2)CC1)c1ccccc1. The molecule has 1 fully saturated rings. The topological polar surface area (TPSA) is 43.7 Å². The Morgan fingerprint density at radius 3 is 1.60 bits per heavy atom. The van der Waals surface area contributed by atoms with Crippen LogP contribution in [0.3, 0.4) is 0 Å². The van der Waals surface area contributed by atoms with Crippen LogP contribution < -0.4 is 0 Å². The zero-order valence-corrected chi connectivity index (χ0v) is 17.4. The Kier molecular flexibility index (Phi) is 6.63. The van der Waals surface area contributed by atoms with Crippen molar-refractivity contribution in [2.75, 3.05) is 19.6 Å². The normalized spacial score (nSPS) is 17.7. The van der Waals surface area contributed by atoms with Gasteiger partial charge in [0.25, 0.3) is 0 Å². The van der Waals surface area contributed by atoms with Gasteiger partial charge in [0.05, 0.1) is 11.7 Å². The average molecular weight is 402 g/mol. The van der Waals surface area contributed by atoms with Gasteiger partial charge in [-0.15, -0.1) is 0 Å². The first-order valence-corrected chi connectivity index (χ1v) is 10.9. The molecule has 1 unspecified atom stereocenters. The Balaban J connectivity index is 1.40. The molecule has 0 spiro atoms. The van der Waals surface area contributed by atoms with Crippen LogP contribution in [0.15, 0.2) is 91.0 Å². The zero-order chi connectivity index (χ0) is 20.8. The number of aliphatic hydroxyl groups is 2. The van der Waals surface area contributed by atoms with E-state index in [4.69, 9.17) is 0 Å². The summed E-state index contributed by atoms with van der Waals surface area (Å²) >= 11 is 0. The smallest absolute Gasteiger partial charge is 0.0817 e. The molecule has 4 rings (SSSR count). The summed E-state index contributed by atoms with van der Waals surface area (Å²) in [5.41, 5.74) is 2.72. The largest absolute Gasteiger partial charge is 0.390 e. The van der Waals surface area contributed by atoms with E-state index in [9.17, 15) is 10.2 Å². The number of aliphatic hydroxyl groups excluding tert-OH is 1. The van der Waals surface area contributed by atoms with E-state index in [1.807, 2.05) is 30.3 Å². The molecule has 30 heavy (non-hydrogen) atoms. The van der Waals surface area contributed by atoms with Crippen molar-refractivity contribution >= 4 is 0 Å². The number of likely N-dealkylation sites (tertiary alicyclic amines) is 1. The molecule has 156 valence electrons. The maximum atomic E-state index is 11.1. The summed E-state index contributed by atoms with van der Waals surface area (Å²) in [5, 5.41) is 21.7. The third-order valence-electron chi connectivity index (χ3n) is 6.39. The fraction of sp³-hybridized carbons (Fsp3) is 0.333. The van der Waals surface area contributed by atoms with Crippen LogP contribution in [0.25, 0.3) is 0 Å². The summed E-state index contributed by atoms with van der Waals surface area (Å²) in [6.45, 7) is 2.62. The Hall–Kier alpha value is -2.46. The van der Waals surface area contributed by atoms with Gasteiger partial charge in [0.2, 0.25) is 0 Å². The van der Waals surface area contributed by atoms with Crippen molar-refractivity contribution < 1.29 is 10.2 Å². The van der Waals surface area contributed by atoms with Gasteiger partial charge in [0, 0.05) is 32.0 Å². The fourth-order valence-corrected chi connectivity index (χ4v) is 4.54. The van der Waals surface area contributed by atoms with Gasteiger partial charge >= 0.3 is 0 Å². The van der Waals surface area contributed by atoms with Crippen molar-refractivity contribution in [2.24, 2.45) is 0 Å². The molecule has 0 aromatic heterocycles. The van der Waals surface area contributed by atoms with Crippen molar-refractivity contribution in [1.29, 1.82) is 0 Å². The molecule has 0 bridgehead atoms. The maximum Gasteiger partial charge on any atom is 0.0817 e. The molecular weight excluding hydrogens is 370 g/mol.